The van der Waals surface area contributed by atoms with E-state index in [4.69, 9.17) is 9.47 Å². The Balaban J connectivity index is 1.58. The fraction of sp³-hybridized carbons (Fsp3) is 0.364. The lowest BCUT2D eigenvalue weighted by atomic mass is 10.2. The summed E-state index contributed by atoms with van der Waals surface area (Å²) in [6.07, 6.45) is -0.360. The molecule has 0 unspecified atom stereocenters. The van der Waals surface area contributed by atoms with Crippen molar-refractivity contribution >= 4 is 21.8 Å². The third-order valence-electron chi connectivity index (χ3n) is 5.01. The van der Waals surface area contributed by atoms with Crippen LogP contribution in [0.4, 0.5) is 0 Å². The zero-order valence-electron chi connectivity index (χ0n) is 18.0. The third kappa shape index (κ3) is 5.84. The average molecular weight is 462 g/mol. The normalized spacial score (nSPS) is 16.9. The van der Waals surface area contributed by atoms with Crippen molar-refractivity contribution in [1.29, 1.82) is 0 Å². The Morgan fingerprint density at radius 1 is 1.12 bits per heavy atom. The number of sulfonamides is 1. The van der Waals surface area contributed by atoms with E-state index in [1.807, 2.05) is 6.92 Å². The zero-order chi connectivity index (χ0) is 23.1. The molecule has 0 radical (unpaired) electrons. The molecule has 1 aliphatic rings. The summed E-state index contributed by atoms with van der Waals surface area (Å²) in [4.78, 5) is 24.5. The second-order valence-electron chi connectivity index (χ2n) is 7.35. The highest BCUT2D eigenvalue weighted by Crippen LogP contribution is 2.22. The van der Waals surface area contributed by atoms with Crippen LogP contribution < -0.4 is 15.4 Å². The monoisotopic (exact) mass is 461 g/mol. The molecule has 2 aromatic carbocycles. The van der Waals surface area contributed by atoms with Crippen molar-refractivity contribution < 1.29 is 27.5 Å². The highest BCUT2D eigenvalue weighted by atomic mass is 32.2. The van der Waals surface area contributed by atoms with Gasteiger partial charge >= 0.3 is 11.8 Å². The van der Waals surface area contributed by atoms with Gasteiger partial charge in [-0.3, -0.25) is 9.59 Å². The highest BCUT2D eigenvalue weighted by molar-refractivity contribution is 7.89. The molecule has 172 valence electrons. The summed E-state index contributed by atoms with van der Waals surface area (Å²) >= 11 is 0. The summed E-state index contributed by atoms with van der Waals surface area (Å²) in [6.45, 7) is 2.51. The first kappa shape index (κ1) is 23.7. The Labute approximate surface area is 187 Å². The van der Waals surface area contributed by atoms with Crippen LogP contribution in [-0.4, -0.2) is 57.6 Å². The Morgan fingerprint density at radius 3 is 2.56 bits per heavy atom. The van der Waals surface area contributed by atoms with E-state index >= 15 is 0 Å². The van der Waals surface area contributed by atoms with E-state index in [0.717, 1.165) is 11.1 Å². The Kier molecular flexibility index (Phi) is 7.84. The standard InChI is InChI=1S/C22H27N3O6S/c1-16-7-9-19(10-8-16)32(28,29)25-11-4-12-31-20(25)15-24-22(27)21(26)23-14-17-5-3-6-18(13-17)30-2/h3,5-10,13,20H,4,11-12,14-15H2,1-2H3,(H,23,26)(H,24,27)/t20-/m1/s1. The van der Waals surface area contributed by atoms with Crippen LogP contribution in [0, 0.1) is 6.92 Å². The van der Waals surface area contributed by atoms with Crippen molar-refractivity contribution in [2.24, 2.45) is 0 Å². The fourth-order valence-electron chi connectivity index (χ4n) is 3.25. The van der Waals surface area contributed by atoms with E-state index in [-0.39, 0.29) is 24.5 Å². The van der Waals surface area contributed by atoms with Gasteiger partial charge in [0.15, 0.2) is 0 Å². The van der Waals surface area contributed by atoms with Crippen molar-refractivity contribution in [1.82, 2.24) is 14.9 Å². The largest absolute Gasteiger partial charge is 0.497 e. The Morgan fingerprint density at radius 2 is 1.84 bits per heavy atom. The van der Waals surface area contributed by atoms with E-state index < -0.39 is 28.1 Å². The molecule has 0 spiro atoms. The maximum Gasteiger partial charge on any atom is 0.309 e. The molecule has 1 aliphatic heterocycles. The third-order valence-corrected chi connectivity index (χ3v) is 6.92. The second-order valence-corrected chi connectivity index (χ2v) is 9.24. The summed E-state index contributed by atoms with van der Waals surface area (Å²) < 4.78 is 38.0. The van der Waals surface area contributed by atoms with Gasteiger partial charge in [0.2, 0.25) is 10.0 Å². The molecule has 2 amide bonds. The average Bonchev–Trinajstić information content (AvgIpc) is 2.81. The molecule has 1 heterocycles. The van der Waals surface area contributed by atoms with E-state index in [1.165, 1.54) is 4.31 Å². The van der Waals surface area contributed by atoms with E-state index in [1.54, 1.807) is 55.6 Å². The Bertz CT molecular complexity index is 1060. The zero-order valence-corrected chi connectivity index (χ0v) is 18.9. The van der Waals surface area contributed by atoms with Gasteiger partial charge in [-0.15, -0.1) is 0 Å². The molecule has 1 atom stereocenters. The van der Waals surface area contributed by atoms with Crippen LogP contribution in [0.5, 0.6) is 5.75 Å². The summed E-state index contributed by atoms with van der Waals surface area (Å²) in [5.74, 6) is -1.04. The summed E-state index contributed by atoms with van der Waals surface area (Å²) in [7, 11) is -2.26. The molecule has 1 saturated heterocycles. The Hall–Kier alpha value is -2.95. The first-order chi connectivity index (χ1) is 15.3. The number of nitrogens with zero attached hydrogens (tertiary/aromatic N) is 1. The molecular weight excluding hydrogens is 434 g/mol. The second kappa shape index (κ2) is 10.6. The van der Waals surface area contributed by atoms with Gasteiger partial charge in [0.05, 0.1) is 25.2 Å². The lowest BCUT2D eigenvalue weighted by Gasteiger charge is -2.34. The van der Waals surface area contributed by atoms with Crippen LogP contribution in [0.3, 0.4) is 0 Å². The van der Waals surface area contributed by atoms with Gasteiger partial charge < -0.3 is 20.1 Å². The topological polar surface area (TPSA) is 114 Å². The van der Waals surface area contributed by atoms with Crippen molar-refractivity contribution in [3.8, 4) is 5.75 Å². The number of ether oxygens (including phenoxy) is 2. The molecule has 32 heavy (non-hydrogen) atoms. The lowest BCUT2D eigenvalue weighted by Crippen LogP contribution is -2.53. The molecule has 0 saturated carbocycles. The fourth-order valence-corrected chi connectivity index (χ4v) is 4.82. The predicted octanol–water partition coefficient (Wildman–Crippen LogP) is 1.17. The van der Waals surface area contributed by atoms with Gasteiger partial charge in [0.1, 0.15) is 12.0 Å². The number of hydrogen-bond acceptors (Lipinski definition) is 6. The van der Waals surface area contributed by atoms with Crippen LogP contribution in [0.1, 0.15) is 17.5 Å². The molecule has 0 aromatic heterocycles. The lowest BCUT2D eigenvalue weighted by molar-refractivity contribution is -0.140. The number of rotatable bonds is 7. The van der Waals surface area contributed by atoms with Crippen molar-refractivity contribution in [3.63, 3.8) is 0 Å². The minimum Gasteiger partial charge on any atom is -0.497 e. The number of aryl methyl sites for hydroxylation is 1. The molecule has 1 fully saturated rings. The van der Waals surface area contributed by atoms with Gasteiger partial charge in [0, 0.05) is 13.1 Å². The van der Waals surface area contributed by atoms with Gasteiger partial charge in [0.25, 0.3) is 0 Å². The maximum absolute atomic E-state index is 13.0. The van der Waals surface area contributed by atoms with Gasteiger partial charge in [-0.1, -0.05) is 29.8 Å². The molecule has 0 aliphatic carbocycles. The van der Waals surface area contributed by atoms with E-state index in [0.29, 0.717) is 18.8 Å². The minimum atomic E-state index is -3.80. The SMILES string of the molecule is COc1cccc(CNC(=O)C(=O)NC[C@H]2OCCCN2S(=O)(=O)c2ccc(C)cc2)c1. The van der Waals surface area contributed by atoms with Gasteiger partial charge in [-0.2, -0.15) is 4.31 Å². The molecule has 3 rings (SSSR count). The molecule has 0 bridgehead atoms. The smallest absolute Gasteiger partial charge is 0.309 e. The summed E-state index contributed by atoms with van der Waals surface area (Å²) in [5.41, 5.74) is 1.72. The maximum atomic E-state index is 13.0. The number of hydrogen-bond donors (Lipinski definition) is 2. The summed E-state index contributed by atoms with van der Waals surface area (Å²) in [5, 5.41) is 5.00. The first-order valence-corrected chi connectivity index (χ1v) is 11.6. The van der Waals surface area contributed by atoms with Crippen LogP contribution >= 0.6 is 0 Å². The van der Waals surface area contributed by atoms with Crippen LogP contribution in [0.15, 0.2) is 53.4 Å². The van der Waals surface area contributed by atoms with Gasteiger partial charge in [-0.05, 0) is 43.2 Å². The molecule has 2 N–H and O–H groups in total. The minimum absolute atomic E-state index is 0.142. The highest BCUT2D eigenvalue weighted by Gasteiger charge is 2.34. The number of amides is 2. The van der Waals surface area contributed by atoms with E-state index in [2.05, 4.69) is 10.6 Å². The molecular formula is C22H27N3O6S. The van der Waals surface area contributed by atoms with E-state index in [9.17, 15) is 18.0 Å². The quantitative estimate of drug-likeness (QED) is 0.599. The van der Waals surface area contributed by atoms with Crippen molar-refractivity contribution in [2.75, 3.05) is 26.8 Å². The van der Waals surface area contributed by atoms with Crippen molar-refractivity contribution in [2.45, 2.75) is 31.0 Å². The number of benzene rings is 2. The molecule has 2 aromatic rings. The van der Waals surface area contributed by atoms with Gasteiger partial charge in [-0.25, -0.2) is 8.42 Å². The van der Waals surface area contributed by atoms with Crippen LogP contribution in [-0.2, 0) is 30.9 Å². The number of carbonyl (C=O) groups is 2. The predicted molar refractivity (Wildman–Crippen MR) is 117 cm³/mol. The number of nitrogens with one attached hydrogen (secondary N) is 2. The molecule has 10 heteroatoms. The number of carbonyl (C=O) groups excluding carboxylic acids is 2. The molecule has 9 nitrogen and oxygen atoms in total. The summed E-state index contributed by atoms with van der Waals surface area (Å²) in [6, 6.07) is 13.6. The van der Waals surface area contributed by atoms with Crippen LogP contribution in [0.2, 0.25) is 0 Å². The number of methoxy groups -OCH3 is 1. The first-order valence-electron chi connectivity index (χ1n) is 10.2. The van der Waals surface area contributed by atoms with Crippen molar-refractivity contribution in [3.05, 3.63) is 59.7 Å². The van der Waals surface area contributed by atoms with Crippen LogP contribution in [0.25, 0.3) is 0 Å².